The van der Waals surface area contributed by atoms with Gasteiger partial charge >= 0.3 is 6.03 Å². The maximum absolute atomic E-state index is 14.3. The van der Waals surface area contributed by atoms with E-state index in [0.29, 0.717) is 30.0 Å². The minimum Gasteiger partial charge on any atom is -0.459 e. The number of carbonyl (C=O) groups excluding carboxylic acids is 1. The Morgan fingerprint density at radius 3 is 2.38 bits per heavy atom. The van der Waals surface area contributed by atoms with Crippen LogP contribution in [-0.4, -0.2) is 17.5 Å². The highest BCUT2D eigenvalue weighted by Crippen LogP contribution is 2.36. The number of hydrogen-bond donors (Lipinski definition) is 1. The second-order valence-corrected chi connectivity index (χ2v) is 9.28. The van der Waals surface area contributed by atoms with Gasteiger partial charge in [0, 0.05) is 29.6 Å². The molecule has 0 saturated carbocycles. The number of nitrogens with zero attached hydrogens (tertiary/aromatic N) is 1. The van der Waals surface area contributed by atoms with Crippen molar-refractivity contribution in [2.24, 2.45) is 0 Å². The van der Waals surface area contributed by atoms with Crippen molar-refractivity contribution in [3.05, 3.63) is 89.4 Å². The summed E-state index contributed by atoms with van der Waals surface area (Å²) in [5.74, 6) is -2.81. The second kappa shape index (κ2) is 12.0. The number of urea groups is 1. The molecule has 0 saturated heterocycles. The highest BCUT2D eigenvalue weighted by atomic mass is 19.1. The molecule has 3 aromatic carbocycles. The van der Waals surface area contributed by atoms with Gasteiger partial charge in [0.05, 0.1) is 6.54 Å². The van der Waals surface area contributed by atoms with E-state index in [4.69, 9.17) is 4.42 Å². The van der Waals surface area contributed by atoms with Gasteiger partial charge in [-0.15, -0.1) is 0 Å². The number of unbranched alkanes of at least 4 members (excludes halogenated alkanes) is 4. The van der Waals surface area contributed by atoms with Crippen molar-refractivity contribution in [2.45, 2.75) is 52.5 Å². The molecule has 1 N–H and O–H groups in total. The van der Waals surface area contributed by atoms with Gasteiger partial charge in [-0.2, -0.15) is 0 Å². The van der Waals surface area contributed by atoms with Crippen molar-refractivity contribution in [1.29, 1.82) is 0 Å². The molecule has 0 aliphatic carbocycles. The van der Waals surface area contributed by atoms with Crippen LogP contribution < -0.4 is 5.32 Å². The van der Waals surface area contributed by atoms with Crippen LogP contribution in [0, 0.1) is 24.4 Å². The zero-order valence-corrected chi connectivity index (χ0v) is 21.1. The number of benzene rings is 3. The van der Waals surface area contributed by atoms with Crippen molar-refractivity contribution in [3.63, 3.8) is 0 Å². The molecule has 194 valence electrons. The summed E-state index contributed by atoms with van der Waals surface area (Å²) in [5.41, 5.74) is 2.93. The van der Waals surface area contributed by atoms with Crippen molar-refractivity contribution >= 4 is 22.7 Å². The molecular weight excluding hydrogens is 477 g/mol. The molecule has 4 rings (SSSR count). The van der Waals surface area contributed by atoms with Crippen LogP contribution in [0.25, 0.3) is 22.1 Å². The molecule has 0 fully saturated rings. The molecule has 1 aromatic heterocycles. The number of carbonyl (C=O) groups is 1. The van der Waals surface area contributed by atoms with Gasteiger partial charge in [-0.3, -0.25) is 0 Å². The summed E-state index contributed by atoms with van der Waals surface area (Å²) in [6, 6.07) is 16.1. The fourth-order valence-corrected chi connectivity index (χ4v) is 4.50. The molecule has 0 atom stereocenters. The molecule has 0 unspecified atom stereocenters. The lowest BCUT2D eigenvalue weighted by molar-refractivity contribution is 0.203. The van der Waals surface area contributed by atoms with Crippen molar-refractivity contribution in [3.8, 4) is 11.1 Å². The topological polar surface area (TPSA) is 45.5 Å². The fourth-order valence-electron chi connectivity index (χ4n) is 4.50. The van der Waals surface area contributed by atoms with Gasteiger partial charge in [0.25, 0.3) is 0 Å². The minimum atomic E-state index is -1.17. The van der Waals surface area contributed by atoms with Crippen LogP contribution >= 0.6 is 0 Å². The maximum atomic E-state index is 14.3. The first-order chi connectivity index (χ1) is 17.9. The molecule has 0 spiro atoms. The molecule has 2 amide bonds. The summed E-state index contributed by atoms with van der Waals surface area (Å²) in [5, 5.41) is 3.23. The van der Waals surface area contributed by atoms with E-state index in [1.165, 1.54) is 4.90 Å². The Hall–Kier alpha value is -3.74. The van der Waals surface area contributed by atoms with Crippen LogP contribution in [0.2, 0.25) is 0 Å². The van der Waals surface area contributed by atoms with Gasteiger partial charge in [0.2, 0.25) is 0 Å². The highest BCUT2D eigenvalue weighted by molar-refractivity contribution is 5.96. The van der Waals surface area contributed by atoms with E-state index in [-0.39, 0.29) is 6.54 Å². The van der Waals surface area contributed by atoms with E-state index < -0.39 is 29.2 Å². The zero-order chi connectivity index (χ0) is 26.4. The number of nitrogens with one attached hydrogen (secondary N) is 1. The first-order valence-corrected chi connectivity index (χ1v) is 12.6. The average Bonchev–Trinajstić information content (AvgIpc) is 3.23. The quantitative estimate of drug-likeness (QED) is 0.218. The number of amides is 2. The number of halogens is 3. The Balaban J connectivity index is 1.67. The number of fused-ring (bicyclic) bond motifs is 1. The first kappa shape index (κ1) is 26.3. The standard InChI is InChI=1S/C30H31F3N2O2/c1-3-4-5-6-9-15-35(30(36)34-29-24(32)17-22(31)18-25(29)33)19-27-28(21-12-10-11-20(2)16-21)23-13-7-8-14-26(23)37-27/h7-8,10-14,16-18H,3-6,9,15,19H2,1-2H3,(H,34,36). The van der Waals surface area contributed by atoms with E-state index >= 15 is 0 Å². The summed E-state index contributed by atoms with van der Waals surface area (Å²) in [7, 11) is 0. The SMILES string of the molecule is CCCCCCCN(Cc1oc2ccccc2c1-c1cccc(C)c1)C(=O)Nc1c(F)cc(F)cc1F. The first-order valence-electron chi connectivity index (χ1n) is 12.6. The highest BCUT2D eigenvalue weighted by Gasteiger charge is 2.23. The lowest BCUT2D eigenvalue weighted by atomic mass is 10.00. The van der Waals surface area contributed by atoms with Crippen LogP contribution in [-0.2, 0) is 6.54 Å². The summed E-state index contributed by atoms with van der Waals surface area (Å²) in [6.07, 6.45) is 4.86. The van der Waals surface area contributed by atoms with Gasteiger partial charge in [0.15, 0.2) is 11.6 Å². The number of hydrogen-bond acceptors (Lipinski definition) is 2. The van der Waals surface area contributed by atoms with Crippen LogP contribution in [0.1, 0.15) is 50.4 Å². The molecule has 0 radical (unpaired) electrons. The number of para-hydroxylation sites is 1. The van der Waals surface area contributed by atoms with Crippen molar-refractivity contribution in [1.82, 2.24) is 4.90 Å². The lowest BCUT2D eigenvalue weighted by Gasteiger charge is -2.23. The van der Waals surface area contributed by atoms with Crippen molar-refractivity contribution < 1.29 is 22.4 Å². The summed E-state index contributed by atoms with van der Waals surface area (Å²) in [6.45, 7) is 4.60. The molecule has 0 aliphatic heterocycles. The summed E-state index contributed by atoms with van der Waals surface area (Å²) in [4.78, 5) is 14.8. The molecule has 37 heavy (non-hydrogen) atoms. The number of rotatable bonds is 10. The Bertz CT molecular complexity index is 1360. The summed E-state index contributed by atoms with van der Waals surface area (Å²) >= 11 is 0. The third-order valence-electron chi connectivity index (χ3n) is 6.37. The van der Waals surface area contributed by atoms with E-state index in [9.17, 15) is 18.0 Å². The van der Waals surface area contributed by atoms with Crippen molar-refractivity contribution in [2.75, 3.05) is 11.9 Å². The van der Waals surface area contributed by atoms with Gasteiger partial charge in [-0.05, 0) is 25.0 Å². The smallest absolute Gasteiger partial charge is 0.322 e. The van der Waals surface area contributed by atoms with Crippen LogP contribution in [0.4, 0.5) is 23.7 Å². The molecular formula is C30H31F3N2O2. The number of furan rings is 1. The molecule has 0 bridgehead atoms. The fraction of sp³-hybridized carbons (Fsp3) is 0.300. The van der Waals surface area contributed by atoms with Crippen LogP contribution in [0.15, 0.2) is 65.1 Å². The third kappa shape index (κ3) is 6.34. The zero-order valence-electron chi connectivity index (χ0n) is 21.1. The van der Waals surface area contributed by atoms with Crippen LogP contribution in [0.3, 0.4) is 0 Å². The largest absolute Gasteiger partial charge is 0.459 e. The minimum absolute atomic E-state index is 0.0992. The van der Waals surface area contributed by atoms with Crippen LogP contribution in [0.5, 0.6) is 0 Å². The lowest BCUT2D eigenvalue weighted by Crippen LogP contribution is -2.36. The Kier molecular flexibility index (Phi) is 8.54. The second-order valence-electron chi connectivity index (χ2n) is 9.28. The molecule has 7 heteroatoms. The van der Waals surface area contributed by atoms with Gasteiger partial charge in [-0.25, -0.2) is 18.0 Å². The predicted octanol–water partition coefficient (Wildman–Crippen LogP) is 8.83. The normalized spacial score (nSPS) is 11.2. The molecule has 4 nitrogen and oxygen atoms in total. The van der Waals surface area contributed by atoms with Gasteiger partial charge in [-0.1, -0.05) is 80.6 Å². The Morgan fingerprint density at radius 1 is 0.919 bits per heavy atom. The van der Waals surface area contributed by atoms with E-state index in [2.05, 4.69) is 18.3 Å². The predicted molar refractivity (Wildman–Crippen MR) is 141 cm³/mol. The Morgan fingerprint density at radius 2 is 1.65 bits per heavy atom. The van der Waals surface area contributed by atoms with E-state index in [1.807, 2.05) is 49.4 Å². The van der Waals surface area contributed by atoms with Gasteiger partial charge in [0.1, 0.15) is 22.8 Å². The van der Waals surface area contributed by atoms with E-state index in [0.717, 1.165) is 54.2 Å². The number of aryl methyl sites for hydroxylation is 1. The third-order valence-corrected chi connectivity index (χ3v) is 6.37. The average molecular weight is 509 g/mol. The Labute approximate surface area is 215 Å². The van der Waals surface area contributed by atoms with E-state index in [1.54, 1.807) is 0 Å². The molecule has 1 heterocycles. The molecule has 0 aliphatic rings. The van der Waals surface area contributed by atoms with Gasteiger partial charge < -0.3 is 14.6 Å². The molecule has 4 aromatic rings. The maximum Gasteiger partial charge on any atom is 0.322 e. The number of anilines is 1. The summed E-state index contributed by atoms with van der Waals surface area (Å²) < 4.78 is 48.2. The monoisotopic (exact) mass is 508 g/mol.